The fourth-order valence-corrected chi connectivity index (χ4v) is 3.17. The monoisotopic (exact) mass is 326 g/mol. The summed E-state index contributed by atoms with van der Waals surface area (Å²) in [5.41, 5.74) is 3.85. The van der Waals surface area contributed by atoms with Crippen molar-refractivity contribution in [2.75, 3.05) is 5.32 Å². The maximum Gasteiger partial charge on any atom is 0.241 e. The zero-order valence-corrected chi connectivity index (χ0v) is 12.9. The highest BCUT2D eigenvalue weighted by atomic mass is 32.2. The number of aromatic nitrogens is 1. The fraction of sp³-hybridized carbons (Fsp3) is 0.125. The number of amides is 2. The molecule has 6 nitrogen and oxygen atoms in total. The van der Waals surface area contributed by atoms with E-state index in [0.717, 1.165) is 10.6 Å². The molecule has 1 aliphatic heterocycles. The molecule has 0 bridgehead atoms. The molecule has 1 aliphatic rings. The average molecular weight is 326 g/mol. The van der Waals surface area contributed by atoms with E-state index in [9.17, 15) is 9.59 Å². The third-order valence-corrected chi connectivity index (χ3v) is 4.43. The maximum absolute atomic E-state index is 12.0. The molecule has 2 heterocycles. The number of pyridine rings is 1. The normalized spacial score (nSPS) is 16.7. The van der Waals surface area contributed by atoms with Crippen LogP contribution in [0.3, 0.4) is 0 Å². The van der Waals surface area contributed by atoms with Crippen LogP contribution in [0, 0.1) is 0 Å². The van der Waals surface area contributed by atoms with Crippen LogP contribution >= 0.6 is 11.8 Å². The second-order valence-corrected chi connectivity index (χ2v) is 6.09. The highest BCUT2D eigenvalue weighted by molar-refractivity contribution is 8.01. The molecule has 7 heteroatoms. The molecular weight excluding hydrogens is 312 g/mol. The molecule has 116 valence electrons. The lowest BCUT2D eigenvalue weighted by atomic mass is 10.2. The molecule has 2 N–H and O–H groups in total. The van der Waals surface area contributed by atoms with E-state index in [1.165, 1.54) is 18.0 Å². The van der Waals surface area contributed by atoms with Crippen molar-refractivity contribution in [3.8, 4) is 0 Å². The lowest BCUT2D eigenvalue weighted by Crippen LogP contribution is -2.33. The molecule has 1 atom stereocenters. The summed E-state index contributed by atoms with van der Waals surface area (Å²) in [6.07, 6.45) is 3.16. The number of carbonyl (C=O) groups is 2. The van der Waals surface area contributed by atoms with Crippen LogP contribution in [0.15, 0.2) is 58.7 Å². The first-order valence-electron chi connectivity index (χ1n) is 7.02. The molecule has 0 spiro atoms. The first-order chi connectivity index (χ1) is 11.2. The highest BCUT2D eigenvalue weighted by Gasteiger charge is 2.28. The number of hydrogen-bond acceptors (Lipinski definition) is 5. The van der Waals surface area contributed by atoms with Gasteiger partial charge in [-0.1, -0.05) is 18.2 Å². The van der Waals surface area contributed by atoms with Gasteiger partial charge in [0.05, 0.1) is 22.8 Å². The second-order valence-electron chi connectivity index (χ2n) is 4.84. The van der Waals surface area contributed by atoms with Crippen LogP contribution < -0.4 is 10.7 Å². The molecule has 1 aromatic carbocycles. The molecule has 3 rings (SSSR count). The smallest absolute Gasteiger partial charge is 0.241 e. The molecular formula is C16H14N4O2S. The first kappa shape index (κ1) is 15.2. The number of fused-ring (bicyclic) bond motifs is 1. The lowest BCUT2D eigenvalue weighted by molar-refractivity contribution is -0.124. The van der Waals surface area contributed by atoms with Crippen molar-refractivity contribution < 1.29 is 9.59 Å². The Kier molecular flexibility index (Phi) is 4.68. The van der Waals surface area contributed by atoms with Gasteiger partial charge in [-0.25, -0.2) is 5.43 Å². The lowest BCUT2D eigenvalue weighted by Gasteiger charge is -2.23. The Hall–Kier alpha value is -2.67. The van der Waals surface area contributed by atoms with Gasteiger partial charge in [-0.2, -0.15) is 5.10 Å². The summed E-state index contributed by atoms with van der Waals surface area (Å²) in [5, 5.41) is 6.19. The molecule has 0 saturated heterocycles. The maximum atomic E-state index is 12.0. The summed E-state index contributed by atoms with van der Waals surface area (Å²) >= 11 is 1.39. The van der Waals surface area contributed by atoms with Crippen molar-refractivity contribution in [3.05, 3.63) is 54.4 Å². The van der Waals surface area contributed by atoms with Crippen molar-refractivity contribution in [2.24, 2.45) is 5.10 Å². The average Bonchev–Trinajstić information content (AvgIpc) is 2.56. The number of hydrogen-bond donors (Lipinski definition) is 2. The van der Waals surface area contributed by atoms with Gasteiger partial charge in [-0.05, 0) is 24.3 Å². The van der Waals surface area contributed by atoms with E-state index in [2.05, 4.69) is 20.8 Å². The van der Waals surface area contributed by atoms with Gasteiger partial charge in [0.1, 0.15) is 0 Å². The Labute approximate surface area is 137 Å². The van der Waals surface area contributed by atoms with E-state index in [1.807, 2.05) is 30.3 Å². The van der Waals surface area contributed by atoms with Crippen LogP contribution in [0.25, 0.3) is 0 Å². The molecule has 23 heavy (non-hydrogen) atoms. The number of hydrazone groups is 1. The van der Waals surface area contributed by atoms with E-state index in [0.29, 0.717) is 5.69 Å². The quantitative estimate of drug-likeness (QED) is 0.665. The Balaban J connectivity index is 1.56. The van der Waals surface area contributed by atoms with Crippen molar-refractivity contribution in [3.63, 3.8) is 0 Å². The summed E-state index contributed by atoms with van der Waals surface area (Å²) in [7, 11) is 0. The van der Waals surface area contributed by atoms with Gasteiger partial charge in [0.15, 0.2) is 0 Å². The van der Waals surface area contributed by atoms with E-state index < -0.39 is 5.25 Å². The van der Waals surface area contributed by atoms with E-state index in [-0.39, 0.29) is 18.2 Å². The molecule has 0 unspecified atom stereocenters. The Morgan fingerprint density at radius 1 is 1.30 bits per heavy atom. The summed E-state index contributed by atoms with van der Waals surface area (Å²) in [6.45, 7) is 0. The van der Waals surface area contributed by atoms with Crippen LogP contribution in [0.1, 0.15) is 12.1 Å². The summed E-state index contributed by atoms with van der Waals surface area (Å²) in [5.74, 6) is -0.484. The van der Waals surface area contributed by atoms with Crippen LogP contribution in [-0.2, 0) is 9.59 Å². The van der Waals surface area contributed by atoms with Crippen molar-refractivity contribution in [2.45, 2.75) is 16.6 Å². The predicted molar refractivity (Wildman–Crippen MR) is 89.3 cm³/mol. The SMILES string of the molecule is O=C(C[C@@H]1Sc2ccccc2NC1=O)N/N=C\c1ccccn1. The number of para-hydroxylation sites is 1. The Morgan fingerprint density at radius 3 is 2.96 bits per heavy atom. The van der Waals surface area contributed by atoms with Crippen LogP contribution in [0.2, 0.25) is 0 Å². The van der Waals surface area contributed by atoms with Crippen LogP contribution in [0.5, 0.6) is 0 Å². The molecule has 0 aliphatic carbocycles. The first-order valence-corrected chi connectivity index (χ1v) is 7.90. The van der Waals surface area contributed by atoms with Gasteiger partial charge in [-0.15, -0.1) is 11.8 Å². The molecule has 0 saturated carbocycles. The minimum absolute atomic E-state index is 0.0599. The largest absolute Gasteiger partial charge is 0.324 e. The van der Waals surface area contributed by atoms with Gasteiger partial charge in [0.2, 0.25) is 11.8 Å². The third kappa shape index (κ3) is 3.95. The molecule has 0 fully saturated rings. The van der Waals surface area contributed by atoms with Gasteiger partial charge in [0.25, 0.3) is 0 Å². The summed E-state index contributed by atoms with van der Waals surface area (Å²) in [4.78, 5) is 29.0. The van der Waals surface area contributed by atoms with Gasteiger partial charge >= 0.3 is 0 Å². The van der Waals surface area contributed by atoms with Crippen molar-refractivity contribution in [1.29, 1.82) is 0 Å². The van der Waals surface area contributed by atoms with Crippen molar-refractivity contribution in [1.82, 2.24) is 10.4 Å². The standard InChI is InChI=1S/C16H14N4O2S/c21-15(20-18-10-11-5-3-4-8-17-11)9-14-16(22)19-12-6-1-2-7-13(12)23-14/h1-8,10,14H,9H2,(H,19,22)(H,20,21)/b18-10-/t14-/m0/s1. The van der Waals surface area contributed by atoms with Gasteiger partial charge in [0, 0.05) is 17.5 Å². The zero-order valence-electron chi connectivity index (χ0n) is 12.1. The minimum atomic E-state index is -0.463. The molecule has 2 aromatic rings. The van der Waals surface area contributed by atoms with Crippen LogP contribution in [0.4, 0.5) is 5.69 Å². The second kappa shape index (κ2) is 7.06. The number of carbonyl (C=O) groups excluding carboxylic acids is 2. The van der Waals surface area contributed by atoms with Gasteiger partial charge in [-0.3, -0.25) is 14.6 Å². The number of anilines is 1. The molecule has 0 radical (unpaired) electrons. The van der Waals surface area contributed by atoms with Gasteiger partial charge < -0.3 is 5.32 Å². The number of thioether (sulfide) groups is 1. The van der Waals surface area contributed by atoms with E-state index in [4.69, 9.17) is 0 Å². The number of nitrogens with zero attached hydrogens (tertiary/aromatic N) is 2. The van der Waals surface area contributed by atoms with E-state index >= 15 is 0 Å². The third-order valence-electron chi connectivity index (χ3n) is 3.15. The molecule has 2 amide bonds. The van der Waals surface area contributed by atoms with Crippen molar-refractivity contribution >= 4 is 35.5 Å². The Bertz CT molecular complexity index is 749. The Morgan fingerprint density at radius 2 is 2.13 bits per heavy atom. The molecule has 1 aromatic heterocycles. The number of benzene rings is 1. The number of nitrogens with one attached hydrogen (secondary N) is 2. The minimum Gasteiger partial charge on any atom is -0.324 e. The number of rotatable bonds is 4. The summed E-state index contributed by atoms with van der Waals surface area (Å²) < 4.78 is 0. The predicted octanol–water partition coefficient (Wildman–Crippen LogP) is 2.03. The highest BCUT2D eigenvalue weighted by Crippen LogP contribution is 2.36. The van der Waals surface area contributed by atoms with E-state index in [1.54, 1.807) is 18.3 Å². The fourth-order valence-electron chi connectivity index (χ4n) is 2.06. The van der Waals surface area contributed by atoms with Crippen LogP contribution in [-0.4, -0.2) is 28.3 Å². The zero-order chi connectivity index (χ0) is 16.1. The topological polar surface area (TPSA) is 83.5 Å². The summed E-state index contributed by atoms with van der Waals surface area (Å²) in [6, 6.07) is 12.9.